The van der Waals surface area contributed by atoms with E-state index in [1.54, 1.807) is 31.3 Å². The number of carbonyl (C=O) groups is 1. The van der Waals surface area contributed by atoms with Crippen LogP contribution in [-0.4, -0.2) is 50.0 Å². The fourth-order valence-corrected chi connectivity index (χ4v) is 3.82. The molecule has 0 saturated carbocycles. The van der Waals surface area contributed by atoms with E-state index >= 15 is 0 Å². The minimum Gasteiger partial charge on any atom is -0.497 e. The van der Waals surface area contributed by atoms with Gasteiger partial charge in [-0.15, -0.1) is 0 Å². The molecule has 5 rings (SSSR count). The van der Waals surface area contributed by atoms with Crippen molar-refractivity contribution in [3.05, 3.63) is 42.3 Å². The monoisotopic (exact) mass is 423 g/mol. The molecular weight excluding hydrogens is 402 g/mol. The molecule has 0 aliphatic carbocycles. The number of rotatable bonds is 5. The minimum absolute atomic E-state index is 0.0107. The summed E-state index contributed by atoms with van der Waals surface area (Å²) >= 11 is 0. The predicted molar refractivity (Wildman–Crippen MR) is 110 cm³/mol. The van der Waals surface area contributed by atoms with Gasteiger partial charge < -0.3 is 28.4 Å². The largest absolute Gasteiger partial charge is 0.497 e. The molecule has 9 heteroatoms. The molecule has 3 aromatic rings. The van der Waals surface area contributed by atoms with E-state index in [0.717, 1.165) is 5.69 Å². The Labute approximate surface area is 178 Å². The first kappa shape index (κ1) is 19.2. The number of hydrogen-bond donors (Lipinski definition) is 0. The van der Waals surface area contributed by atoms with Gasteiger partial charge in [0.05, 0.1) is 25.7 Å². The summed E-state index contributed by atoms with van der Waals surface area (Å²) < 4.78 is 27.4. The van der Waals surface area contributed by atoms with Crippen molar-refractivity contribution >= 4 is 11.6 Å². The smallest absolute Gasteiger partial charge is 0.232 e. The van der Waals surface area contributed by atoms with Crippen LogP contribution in [0.25, 0.3) is 11.4 Å². The van der Waals surface area contributed by atoms with Crippen molar-refractivity contribution in [2.24, 2.45) is 0 Å². The van der Waals surface area contributed by atoms with Crippen LogP contribution in [0.4, 0.5) is 5.69 Å². The normalized spacial score (nSPS) is 17.7. The highest BCUT2D eigenvalue weighted by Gasteiger charge is 2.36. The third kappa shape index (κ3) is 3.52. The molecular formula is C22H21N3O6. The molecule has 0 unspecified atom stereocenters. The van der Waals surface area contributed by atoms with E-state index in [1.165, 1.54) is 0 Å². The number of fused-ring (bicyclic) bond motifs is 1. The van der Waals surface area contributed by atoms with Crippen LogP contribution in [-0.2, 0) is 4.79 Å². The number of nitrogens with zero attached hydrogens (tertiary/aromatic N) is 3. The summed E-state index contributed by atoms with van der Waals surface area (Å²) in [7, 11) is 3.16. The van der Waals surface area contributed by atoms with Crippen molar-refractivity contribution < 1.29 is 28.3 Å². The van der Waals surface area contributed by atoms with Gasteiger partial charge >= 0.3 is 0 Å². The SMILES string of the molecule is COc1ccc(-c2noc([C@H]3CC(=O)N(c4ccc5c(c4)OCCO5)C3)n2)c(OC)c1. The third-order valence-corrected chi connectivity index (χ3v) is 5.40. The maximum Gasteiger partial charge on any atom is 0.232 e. The van der Waals surface area contributed by atoms with Crippen LogP contribution in [0.15, 0.2) is 40.9 Å². The van der Waals surface area contributed by atoms with Gasteiger partial charge in [0.25, 0.3) is 0 Å². The van der Waals surface area contributed by atoms with E-state index < -0.39 is 0 Å². The van der Waals surface area contributed by atoms with Gasteiger partial charge in [0.2, 0.25) is 17.6 Å². The molecule has 2 aromatic carbocycles. The quantitative estimate of drug-likeness (QED) is 0.618. The minimum atomic E-state index is -0.203. The van der Waals surface area contributed by atoms with Gasteiger partial charge in [-0.25, -0.2) is 0 Å². The van der Waals surface area contributed by atoms with E-state index in [2.05, 4.69) is 10.1 Å². The lowest BCUT2D eigenvalue weighted by Gasteiger charge is -2.22. The predicted octanol–water partition coefficient (Wildman–Crippen LogP) is 3.05. The first-order valence-corrected chi connectivity index (χ1v) is 9.92. The Morgan fingerprint density at radius 3 is 2.68 bits per heavy atom. The van der Waals surface area contributed by atoms with Crippen LogP contribution in [0.5, 0.6) is 23.0 Å². The number of benzene rings is 2. The summed E-state index contributed by atoms with van der Waals surface area (Å²) in [5.74, 6) is 3.18. The maximum absolute atomic E-state index is 12.7. The molecule has 0 bridgehead atoms. The molecule has 31 heavy (non-hydrogen) atoms. The molecule has 1 fully saturated rings. The van der Waals surface area contributed by atoms with Crippen LogP contribution in [0.1, 0.15) is 18.2 Å². The molecule has 1 atom stereocenters. The van der Waals surface area contributed by atoms with Crippen molar-refractivity contribution in [3.8, 4) is 34.4 Å². The Hall–Kier alpha value is -3.75. The second-order valence-corrected chi connectivity index (χ2v) is 7.26. The molecule has 3 heterocycles. The average Bonchev–Trinajstić information content (AvgIpc) is 3.45. The number of amides is 1. The number of ether oxygens (including phenoxy) is 4. The lowest BCUT2D eigenvalue weighted by Crippen LogP contribution is -2.24. The van der Waals surface area contributed by atoms with E-state index in [4.69, 9.17) is 23.5 Å². The fraction of sp³-hybridized carbons (Fsp3) is 0.318. The average molecular weight is 423 g/mol. The highest BCUT2D eigenvalue weighted by atomic mass is 16.6. The second kappa shape index (κ2) is 7.82. The Kier molecular flexibility index (Phi) is 4.85. The van der Waals surface area contributed by atoms with Gasteiger partial charge in [0.1, 0.15) is 24.7 Å². The standard InChI is InChI=1S/C22H21N3O6/c1-27-15-4-5-16(18(11-15)28-2)21-23-22(31-24-21)13-9-20(26)25(12-13)14-3-6-17-19(10-14)30-8-7-29-17/h3-6,10-11,13H,7-9,12H2,1-2H3/t13-/m0/s1. The molecule has 1 amide bonds. The zero-order valence-electron chi connectivity index (χ0n) is 17.2. The summed E-state index contributed by atoms with van der Waals surface area (Å²) in [6.07, 6.45) is 0.288. The number of anilines is 1. The van der Waals surface area contributed by atoms with Gasteiger partial charge in [0.15, 0.2) is 11.5 Å². The van der Waals surface area contributed by atoms with Crippen LogP contribution in [0, 0.1) is 0 Å². The molecule has 0 radical (unpaired) electrons. The highest BCUT2D eigenvalue weighted by Crippen LogP contribution is 2.38. The summed E-state index contributed by atoms with van der Waals surface area (Å²) in [5.41, 5.74) is 1.44. The number of carbonyl (C=O) groups excluding carboxylic acids is 1. The highest BCUT2D eigenvalue weighted by molar-refractivity contribution is 5.96. The first-order chi connectivity index (χ1) is 15.2. The van der Waals surface area contributed by atoms with Crippen molar-refractivity contribution in [3.63, 3.8) is 0 Å². The summed E-state index contributed by atoms with van der Waals surface area (Å²) in [6.45, 7) is 1.46. The number of methoxy groups -OCH3 is 2. The first-order valence-electron chi connectivity index (χ1n) is 9.92. The molecule has 160 valence electrons. The lowest BCUT2D eigenvalue weighted by molar-refractivity contribution is -0.117. The zero-order chi connectivity index (χ0) is 21.4. The van der Waals surface area contributed by atoms with Crippen molar-refractivity contribution in [2.75, 3.05) is 38.9 Å². The van der Waals surface area contributed by atoms with Crippen LogP contribution >= 0.6 is 0 Å². The Balaban J connectivity index is 1.37. The molecule has 2 aliphatic rings. The van der Waals surface area contributed by atoms with Gasteiger partial charge in [0, 0.05) is 30.8 Å². The van der Waals surface area contributed by atoms with Crippen molar-refractivity contribution in [1.82, 2.24) is 10.1 Å². The number of hydrogen-bond acceptors (Lipinski definition) is 8. The zero-order valence-corrected chi connectivity index (χ0v) is 17.2. The van der Waals surface area contributed by atoms with Gasteiger partial charge in [-0.2, -0.15) is 4.98 Å². The third-order valence-electron chi connectivity index (χ3n) is 5.40. The second-order valence-electron chi connectivity index (χ2n) is 7.26. The maximum atomic E-state index is 12.7. The van der Waals surface area contributed by atoms with Gasteiger partial charge in [-0.05, 0) is 24.3 Å². The summed E-state index contributed by atoms with van der Waals surface area (Å²) in [6, 6.07) is 10.9. The van der Waals surface area contributed by atoms with E-state index in [9.17, 15) is 4.79 Å². The van der Waals surface area contributed by atoms with E-state index in [0.29, 0.717) is 60.0 Å². The van der Waals surface area contributed by atoms with E-state index in [1.807, 2.05) is 24.3 Å². The van der Waals surface area contributed by atoms with Gasteiger partial charge in [-0.3, -0.25) is 4.79 Å². The van der Waals surface area contributed by atoms with Crippen molar-refractivity contribution in [2.45, 2.75) is 12.3 Å². The number of aromatic nitrogens is 2. The van der Waals surface area contributed by atoms with Crippen LogP contribution in [0.3, 0.4) is 0 Å². The van der Waals surface area contributed by atoms with Gasteiger partial charge in [-0.1, -0.05) is 5.16 Å². The van der Waals surface area contributed by atoms with Crippen LogP contribution < -0.4 is 23.8 Å². The molecule has 1 saturated heterocycles. The Bertz CT molecular complexity index is 1130. The van der Waals surface area contributed by atoms with Crippen LogP contribution in [0.2, 0.25) is 0 Å². The molecule has 9 nitrogen and oxygen atoms in total. The van der Waals surface area contributed by atoms with Crippen molar-refractivity contribution in [1.29, 1.82) is 0 Å². The molecule has 0 spiro atoms. The Morgan fingerprint density at radius 1 is 1.03 bits per heavy atom. The Morgan fingerprint density at radius 2 is 1.87 bits per heavy atom. The lowest BCUT2D eigenvalue weighted by atomic mass is 10.1. The molecule has 2 aliphatic heterocycles. The van der Waals surface area contributed by atoms with E-state index in [-0.39, 0.29) is 18.2 Å². The topological polar surface area (TPSA) is 96.2 Å². The fourth-order valence-electron chi connectivity index (χ4n) is 3.82. The molecule has 1 aromatic heterocycles. The molecule has 0 N–H and O–H groups in total. The summed E-state index contributed by atoms with van der Waals surface area (Å²) in [5, 5.41) is 4.10. The summed E-state index contributed by atoms with van der Waals surface area (Å²) in [4.78, 5) is 19.0.